The van der Waals surface area contributed by atoms with Crippen LogP contribution in [-0.2, 0) is 16.1 Å². The highest BCUT2D eigenvalue weighted by Gasteiger charge is 2.22. The molecule has 20 heavy (non-hydrogen) atoms. The summed E-state index contributed by atoms with van der Waals surface area (Å²) >= 11 is 1.61. The van der Waals surface area contributed by atoms with Crippen molar-refractivity contribution in [2.75, 3.05) is 26.3 Å². The fourth-order valence-corrected chi connectivity index (χ4v) is 3.01. The van der Waals surface area contributed by atoms with Crippen molar-refractivity contribution >= 4 is 17.2 Å². The Morgan fingerprint density at radius 3 is 2.75 bits per heavy atom. The van der Waals surface area contributed by atoms with Crippen LogP contribution in [0, 0.1) is 0 Å². The second-order valence-electron chi connectivity index (χ2n) is 5.36. The van der Waals surface area contributed by atoms with Crippen LogP contribution in [0.2, 0.25) is 0 Å². The summed E-state index contributed by atoms with van der Waals surface area (Å²) in [5, 5.41) is 6.01. The predicted octanol–water partition coefficient (Wildman–Crippen LogP) is 1.60. The Morgan fingerprint density at radius 2 is 2.15 bits per heavy atom. The van der Waals surface area contributed by atoms with E-state index in [4.69, 9.17) is 4.74 Å². The van der Waals surface area contributed by atoms with E-state index in [0.29, 0.717) is 25.7 Å². The van der Waals surface area contributed by atoms with Crippen molar-refractivity contribution < 1.29 is 9.53 Å². The van der Waals surface area contributed by atoms with Gasteiger partial charge in [-0.05, 0) is 12.8 Å². The van der Waals surface area contributed by atoms with Gasteiger partial charge in [0.15, 0.2) is 0 Å². The van der Waals surface area contributed by atoms with Crippen LogP contribution in [0.5, 0.6) is 0 Å². The number of morpholine rings is 1. The van der Waals surface area contributed by atoms with Crippen LogP contribution in [0.4, 0.5) is 0 Å². The van der Waals surface area contributed by atoms with Crippen LogP contribution in [0.15, 0.2) is 5.38 Å². The Kier molecular flexibility index (Phi) is 5.51. The number of ether oxygens (including phenoxy) is 1. The number of nitrogens with zero attached hydrogens (tertiary/aromatic N) is 2. The smallest absolute Gasteiger partial charge is 0.237 e. The molecule has 1 atom stereocenters. The Morgan fingerprint density at radius 1 is 1.45 bits per heavy atom. The lowest BCUT2D eigenvalue weighted by molar-refractivity contribution is -0.127. The van der Waals surface area contributed by atoms with E-state index in [1.165, 1.54) is 0 Å². The van der Waals surface area contributed by atoms with E-state index in [0.717, 1.165) is 23.8 Å². The summed E-state index contributed by atoms with van der Waals surface area (Å²) in [6, 6.07) is -0.108. The Hall–Kier alpha value is -0.980. The van der Waals surface area contributed by atoms with E-state index in [1.54, 1.807) is 11.3 Å². The SMILES string of the molecule is CC(C)c1csc(CNC(=O)C(C)N2CCOCC2)n1. The number of nitrogens with one attached hydrogen (secondary N) is 1. The average Bonchev–Trinajstić information content (AvgIpc) is 2.94. The minimum absolute atomic E-state index is 0.0631. The maximum atomic E-state index is 12.1. The van der Waals surface area contributed by atoms with Gasteiger partial charge in [-0.1, -0.05) is 13.8 Å². The Bertz CT molecular complexity index is 441. The quantitative estimate of drug-likeness (QED) is 0.897. The molecule has 0 aliphatic carbocycles. The first-order chi connectivity index (χ1) is 9.58. The molecule has 0 spiro atoms. The number of hydrogen-bond acceptors (Lipinski definition) is 5. The zero-order chi connectivity index (χ0) is 14.5. The minimum atomic E-state index is -0.108. The fourth-order valence-electron chi connectivity index (χ4n) is 2.11. The molecule has 1 unspecified atom stereocenters. The van der Waals surface area contributed by atoms with Crippen LogP contribution >= 0.6 is 11.3 Å². The molecular formula is C14H23N3O2S. The Balaban J connectivity index is 1.81. The summed E-state index contributed by atoms with van der Waals surface area (Å²) in [7, 11) is 0. The van der Waals surface area contributed by atoms with Gasteiger partial charge in [-0.2, -0.15) is 0 Å². The second kappa shape index (κ2) is 7.15. The maximum Gasteiger partial charge on any atom is 0.237 e. The third kappa shape index (κ3) is 4.01. The molecule has 1 aliphatic heterocycles. The molecule has 0 saturated carbocycles. The summed E-state index contributed by atoms with van der Waals surface area (Å²) in [5.74, 6) is 0.496. The lowest BCUT2D eigenvalue weighted by Crippen LogP contribution is -2.49. The highest BCUT2D eigenvalue weighted by molar-refractivity contribution is 7.09. The largest absolute Gasteiger partial charge is 0.379 e. The highest BCUT2D eigenvalue weighted by atomic mass is 32.1. The molecule has 112 valence electrons. The molecule has 1 N–H and O–H groups in total. The van der Waals surface area contributed by atoms with Gasteiger partial charge in [-0.25, -0.2) is 4.98 Å². The molecule has 1 aromatic rings. The average molecular weight is 297 g/mol. The predicted molar refractivity (Wildman–Crippen MR) is 79.9 cm³/mol. The topological polar surface area (TPSA) is 54.5 Å². The van der Waals surface area contributed by atoms with Crippen LogP contribution in [0.3, 0.4) is 0 Å². The van der Waals surface area contributed by atoms with Crippen LogP contribution < -0.4 is 5.32 Å². The molecule has 6 heteroatoms. The number of amides is 1. The van der Waals surface area contributed by atoms with Crippen molar-refractivity contribution in [3.63, 3.8) is 0 Å². The van der Waals surface area contributed by atoms with Gasteiger partial charge in [0.2, 0.25) is 5.91 Å². The molecule has 0 aromatic carbocycles. The van der Waals surface area contributed by atoms with E-state index in [1.807, 2.05) is 6.92 Å². The van der Waals surface area contributed by atoms with Crippen LogP contribution in [0.1, 0.15) is 37.4 Å². The number of carbonyl (C=O) groups is 1. The zero-order valence-corrected chi connectivity index (χ0v) is 13.2. The zero-order valence-electron chi connectivity index (χ0n) is 12.4. The second-order valence-corrected chi connectivity index (χ2v) is 6.31. The Labute approximate surface area is 124 Å². The summed E-state index contributed by atoms with van der Waals surface area (Å²) < 4.78 is 5.30. The van der Waals surface area contributed by atoms with E-state index in [2.05, 4.69) is 34.4 Å². The van der Waals surface area contributed by atoms with Gasteiger partial charge in [-0.15, -0.1) is 11.3 Å². The molecule has 1 amide bonds. The molecule has 0 bridgehead atoms. The molecule has 1 fully saturated rings. The first-order valence-electron chi connectivity index (χ1n) is 7.11. The standard InChI is InChI=1S/C14H23N3O2S/c1-10(2)12-9-20-13(16-12)8-15-14(18)11(3)17-4-6-19-7-5-17/h9-11H,4-8H2,1-3H3,(H,15,18). The number of carbonyl (C=O) groups excluding carboxylic acids is 1. The summed E-state index contributed by atoms with van der Waals surface area (Å²) in [6.07, 6.45) is 0. The van der Waals surface area contributed by atoms with Gasteiger partial charge in [0.25, 0.3) is 0 Å². The normalized spacial score (nSPS) is 18.2. The van der Waals surface area contributed by atoms with E-state index < -0.39 is 0 Å². The molecule has 0 radical (unpaired) electrons. The first-order valence-corrected chi connectivity index (χ1v) is 7.99. The maximum absolute atomic E-state index is 12.1. The first kappa shape index (κ1) is 15.4. The molecule has 2 rings (SSSR count). The van der Waals surface area contributed by atoms with E-state index in [9.17, 15) is 4.79 Å². The van der Waals surface area contributed by atoms with Crippen molar-refractivity contribution in [3.8, 4) is 0 Å². The monoisotopic (exact) mass is 297 g/mol. The lowest BCUT2D eigenvalue weighted by atomic mass is 10.2. The van der Waals surface area contributed by atoms with Gasteiger partial charge in [0, 0.05) is 18.5 Å². The van der Waals surface area contributed by atoms with Crippen LogP contribution in [0.25, 0.3) is 0 Å². The van der Waals surface area contributed by atoms with E-state index >= 15 is 0 Å². The molecule has 2 heterocycles. The van der Waals surface area contributed by atoms with Crippen molar-refractivity contribution in [1.29, 1.82) is 0 Å². The molecule has 5 nitrogen and oxygen atoms in total. The van der Waals surface area contributed by atoms with Crippen molar-refractivity contribution in [2.24, 2.45) is 0 Å². The van der Waals surface area contributed by atoms with Gasteiger partial charge in [0.05, 0.1) is 31.5 Å². The van der Waals surface area contributed by atoms with Crippen molar-refractivity contribution in [3.05, 3.63) is 16.1 Å². The number of rotatable bonds is 5. The molecule has 1 saturated heterocycles. The fraction of sp³-hybridized carbons (Fsp3) is 0.714. The summed E-state index contributed by atoms with van der Waals surface area (Å²) in [5.41, 5.74) is 1.10. The minimum Gasteiger partial charge on any atom is -0.379 e. The third-order valence-electron chi connectivity index (χ3n) is 3.55. The molecule has 1 aromatic heterocycles. The third-order valence-corrected chi connectivity index (χ3v) is 4.41. The van der Waals surface area contributed by atoms with Gasteiger partial charge in [0.1, 0.15) is 5.01 Å². The lowest BCUT2D eigenvalue weighted by Gasteiger charge is -2.31. The van der Waals surface area contributed by atoms with Crippen LogP contribution in [-0.4, -0.2) is 48.1 Å². The summed E-state index contributed by atoms with van der Waals surface area (Å²) in [6.45, 7) is 9.78. The van der Waals surface area contributed by atoms with Gasteiger partial charge >= 0.3 is 0 Å². The van der Waals surface area contributed by atoms with Gasteiger partial charge < -0.3 is 10.1 Å². The van der Waals surface area contributed by atoms with Crippen molar-refractivity contribution in [2.45, 2.75) is 39.3 Å². The number of aromatic nitrogens is 1. The number of hydrogen-bond donors (Lipinski definition) is 1. The highest BCUT2D eigenvalue weighted by Crippen LogP contribution is 2.17. The molecule has 1 aliphatic rings. The van der Waals surface area contributed by atoms with E-state index in [-0.39, 0.29) is 11.9 Å². The number of thiazole rings is 1. The molecular weight excluding hydrogens is 274 g/mol. The summed E-state index contributed by atoms with van der Waals surface area (Å²) in [4.78, 5) is 18.8. The van der Waals surface area contributed by atoms with Crippen molar-refractivity contribution in [1.82, 2.24) is 15.2 Å². The van der Waals surface area contributed by atoms with Gasteiger partial charge in [-0.3, -0.25) is 9.69 Å².